The molecule has 10 heteroatoms. The maximum Gasteiger partial charge on any atom is 0.363 e. The summed E-state index contributed by atoms with van der Waals surface area (Å²) in [6.07, 6.45) is 10.3. The first-order valence-electron chi connectivity index (χ1n) is 18.2. The number of carbonyl (C=O) groups excluding carboxylic acids is 2. The number of esters is 2. The summed E-state index contributed by atoms with van der Waals surface area (Å²) in [6, 6.07) is 49.3. The standard InChI is InChI=1S/C48H32N6O4/c55-47-43(27-33-7-3-1-4-8-33)53-45(57-47)39-19-23-41(24-20-39)49-29-35-11-15-37(16-12-35)31-51-52-32-38-17-13-36(14-18-38)30-50-42-25-21-40(22-26-42)46-54-44(48(56)58-46)28-34-9-5-2-6-10-34/h1-32H/b43-27-,44-28-,49-29?,50-30?,51-31+,52-32+. The van der Waals surface area contributed by atoms with Crippen LogP contribution in [0.15, 0.2) is 199 Å². The molecular weight excluding hydrogens is 725 g/mol. The maximum absolute atomic E-state index is 12.3. The molecule has 58 heavy (non-hydrogen) atoms. The number of benzene rings is 6. The van der Waals surface area contributed by atoms with E-state index < -0.39 is 11.9 Å². The van der Waals surface area contributed by atoms with E-state index in [-0.39, 0.29) is 23.2 Å². The molecular formula is C48H32N6O4. The van der Waals surface area contributed by atoms with Crippen molar-refractivity contribution < 1.29 is 19.1 Å². The van der Waals surface area contributed by atoms with Gasteiger partial charge in [-0.15, -0.1) is 0 Å². The van der Waals surface area contributed by atoms with Gasteiger partial charge in [0.05, 0.1) is 23.8 Å². The molecule has 0 spiro atoms. The van der Waals surface area contributed by atoms with Gasteiger partial charge in [-0.25, -0.2) is 19.6 Å². The number of cyclic esters (lactones) is 2. The molecule has 6 aromatic carbocycles. The number of carbonyl (C=O) groups is 2. The van der Waals surface area contributed by atoms with E-state index in [0.717, 1.165) is 44.8 Å². The van der Waals surface area contributed by atoms with Gasteiger partial charge < -0.3 is 9.47 Å². The predicted molar refractivity (Wildman–Crippen MR) is 230 cm³/mol. The van der Waals surface area contributed by atoms with Crippen molar-refractivity contribution >= 4 is 72.1 Å². The first-order chi connectivity index (χ1) is 28.5. The average Bonchev–Trinajstić information content (AvgIpc) is 3.83. The van der Waals surface area contributed by atoms with Crippen LogP contribution in [0.4, 0.5) is 11.4 Å². The molecule has 0 saturated carbocycles. The molecule has 0 bridgehead atoms. The molecule has 10 nitrogen and oxygen atoms in total. The lowest BCUT2D eigenvalue weighted by molar-refractivity contribution is -0.130. The van der Waals surface area contributed by atoms with Crippen molar-refractivity contribution in [2.24, 2.45) is 30.2 Å². The lowest BCUT2D eigenvalue weighted by atomic mass is 10.1. The highest BCUT2D eigenvalue weighted by molar-refractivity contribution is 6.13. The highest BCUT2D eigenvalue weighted by Crippen LogP contribution is 2.23. The van der Waals surface area contributed by atoms with E-state index in [1.807, 2.05) is 158 Å². The Morgan fingerprint density at radius 2 is 0.724 bits per heavy atom. The Kier molecular flexibility index (Phi) is 11.1. The van der Waals surface area contributed by atoms with E-state index in [1.165, 1.54) is 0 Å². The van der Waals surface area contributed by atoms with Crippen LogP contribution < -0.4 is 0 Å². The average molecular weight is 757 g/mol. The minimum Gasteiger partial charge on any atom is -0.402 e. The Morgan fingerprint density at radius 1 is 0.379 bits per heavy atom. The second-order valence-electron chi connectivity index (χ2n) is 12.9. The van der Waals surface area contributed by atoms with Gasteiger partial charge in [0.25, 0.3) is 0 Å². The third-order valence-corrected chi connectivity index (χ3v) is 8.75. The van der Waals surface area contributed by atoms with Crippen LogP contribution in [-0.4, -0.2) is 48.6 Å². The fourth-order valence-corrected chi connectivity index (χ4v) is 5.69. The summed E-state index contributed by atoms with van der Waals surface area (Å²) in [5.74, 6) is -0.418. The Bertz CT molecular complexity index is 2500. The highest BCUT2D eigenvalue weighted by Gasteiger charge is 2.25. The summed E-state index contributed by atoms with van der Waals surface area (Å²) in [5, 5.41) is 8.39. The minimum absolute atomic E-state index is 0.262. The number of nitrogens with zero attached hydrogens (tertiary/aromatic N) is 6. The lowest BCUT2D eigenvalue weighted by Crippen LogP contribution is -2.05. The molecule has 0 aromatic heterocycles. The van der Waals surface area contributed by atoms with E-state index >= 15 is 0 Å². The molecule has 0 amide bonds. The van der Waals surface area contributed by atoms with Crippen LogP contribution in [0, 0.1) is 0 Å². The van der Waals surface area contributed by atoms with E-state index in [4.69, 9.17) is 9.47 Å². The van der Waals surface area contributed by atoms with Crippen molar-refractivity contribution in [1.82, 2.24) is 0 Å². The first-order valence-corrected chi connectivity index (χ1v) is 18.2. The van der Waals surface area contributed by atoms with Crippen LogP contribution in [0.2, 0.25) is 0 Å². The second kappa shape index (κ2) is 17.5. The van der Waals surface area contributed by atoms with Crippen LogP contribution in [0.3, 0.4) is 0 Å². The minimum atomic E-state index is -0.476. The van der Waals surface area contributed by atoms with Gasteiger partial charge in [0, 0.05) is 23.6 Å². The van der Waals surface area contributed by atoms with Crippen LogP contribution in [-0.2, 0) is 19.1 Å². The predicted octanol–water partition coefficient (Wildman–Crippen LogP) is 9.33. The number of hydrogen-bond acceptors (Lipinski definition) is 10. The fourth-order valence-electron chi connectivity index (χ4n) is 5.69. The molecule has 0 unspecified atom stereocenters. The van der Waals surface area contributed by atoms with Crippen molar-refractivity contribution in [3.05, 3.63) is 214 Å². The number of rotatable bonds is 11. The van der Waals surface area contributed by atoms with Crippen molar-refractivity contribution in [3.8, 4) is 0 Å². The summed E-state index contributed by atoms with van der Waals surface area (Å²) < 4.78 is 10.8. The molecule has 2 aliphatic rings. The number of ether oxygens (including phenoxy) is 2. The van der Waals surface area contributed by atoms with Crippen LogP contribution in [0.25, 0.3) is 12.2 Å². The number of hydrogen-bond donors (Lipinski definition) is 0. The van der Waals surface area contributed by atoms with Crippen molar-refractivity contribution in [1.29, 1.82) is 0 Å². The molecule has 6 aromatic rings. The lowest BCUT2D eigenvalue weighted by Gasteiger charge is -2.00. The van der Waals surface area contributed by atoms with E-state index in [2.05, 4.69) is 30.2 Å². The van der Waals surface area contributed by atoms with Gasteiger partial charge in [-0.2, -0.15) is 10.2 Å². The van der Waals surface area contributed by atoms with Crippen LogP contribution >= 0.6 is 0 Å². The summed E-state index contributed by atoms with van der Waals surface area (Å²) in [5.41, 5.74) is 8.79. The smallest absolute Gasteiger partial charge is 0.363 e. The van der Waals surface area contributed by atoms with Gasteiger partial charge in [-0.05, 0) is 94.1 Å². The third-order valence-electron chi connectivity index (χ3n) is 8.75. The third kappa shape index (κ3) is 9.52. The Morgan fingerprint density at radius 3 is 1.09 bits per heavy atom. The normalized spacial score (nSPS) is 15.6. The molecule has 2 heterocycles. The zero-order valence-corrected chi connectivity index (χ0v) is 30.8. The molecule has 0 atom stereocenters. The van der Waals surface area contributed by atoms with Crippen molar-refractivity contribution in [2.75, 3.05) is 0 Å². The van der Waals surface area contributed by atoms with Crippen LogP contribution in [0.1, 0.15) is 44.5 Å². The van der Waals surface area contributed by atoms with Crippen molar-refractivity contribution in [2.45, 2.75) is 0 Å². The topological polar surface area (TPSA) is 127 Å². The van der Waals surface area contributed by atoms with E-state index in [0.29, 0.717) is 11.1 Å². The van der Waals surface area contributed by atoms with Gasteiger partial charge in [0.2, 0.25) is 11.8 Å². The summed E-state index contributed by atoms with van der Waals surface area (Å²) in [7, 11) is 0. The Labute approximate surface area is 334 Å². The van der Waals surface area contributed by atoms with Crippen molar-refractivity contribution in [3.63, 3.8) is 0 Å². The van der Waals surface area contributed by atoms with Gasteiger partial charge in [0.15, 0.2) is 11.4 Å². The zero-order chi connectivity index (χ0) is 39.5. The molecule has 0 N–H and O–H groups in total. The van der Waals surface area contributed by atoms with Gasteiger partial charge >= 0.3 is 11.9 Å². The molecule has 278 valence electrons. The monoisotopic (exact) mass is 756 g/mol. The van der Waals surface area contributed by atoms with Crippen LogP contribution in [0.5, 0.6) is 0 Å². The summed E-state index contributed by atoms with van der Waals surface area (Å²) >= 11 is 0. The maximum atomic E-state index is 12.3. The number of aliphatic imine (C=N–C) groups is 4. The second-order valence-corrected chi connectivity index (χ2v) is 12.9. The van der Waals surface area contributed by atoms with E-state index in [1.54, 1.807) is 37.0 Å². The quantitative estimate of drug-likeness (QED) is 0.0565. The first kappa shape index (κ1) is 36.7. The molecule has 0 fully saturated rings. The zero-order valence-electron chi connectivity index (χ0n) is 30.8. The van der Waals surface area contributed by atoms with Gasteiger partial charge in [-0.3, -0.25) is 9.98 Å². The Balaban J connectivity index is 0.803. The van der Waals surface area contributed by atoms with Gasteiger partial charge in [-0.1, -0.05) is 109 Å². The fraction of sp³-hybridized carbons (Fsp3) is 0. The van der Waals surface area contributed by atoms with E-state index in [9.17, 15) is 9.59 Å². The molecule has 0 aliphatic carbocycles. The summed E-state index contributed by atoms with van der Waals surface area (Å²) in [6.45, 7) is 0. The molecule has 0 radical (unpaired) electrons. The largest absolute Gasteiger partial charge is 0.402 e. The SMILES string of the molecule is O=C1OC(c2ccc(N=Cc3ccc(/C=N/N=C/c4ccc(C=Nc5ccc(C6=N/C(=C\c7ccccc7)C(=O)O6)cc5)cc4)cc3)cc2)=N/C1=C\c1ccccc1. The molecule has 8 rings (SSSR count). The molecule has 0 saturated heterocycles. The Hall–Kier alpha value is -8.24. The highest BCUT2D eigenvalue weighted by atomic mass is 16.6. The summed E-state index contributed by atoms with van der Waals surface area (Å²) in [4.78, 5) is 42.5. The molecule has 2 aliphatic heterocycles. The van der Waals surface area contributed by atoms with Gasteiger partial charge in [0.1, 0.15) is 0 Å².